The van der Waals surface area contributed by atoms with Crippen LogP contribution in [-0.4, -0.2) is 25.5 Å². The van der Waals surface area contributed by atoms with Crippen LogP contribution in [0.3, 0.4) is 0 Å². The van der Waals surface area contributed by atoms with Crippen molar-refractivity contribution in [2.45, 2.75) is 13.3 Å². The van der Waals surface area contributed by atoms with Gasteiger partial charge in [-0.05, 0) is 6.92 Å². The Balaban J connectivity index is 3.47. The van der Waals surface area contributed by atoms with E-state index in [1.165, 1.54) is 6.92 Å². The molecule has 0 saturated heterocycles. The summed E-state index contributed by atoms with van der Waals surface area (Å²) < 4.78 is 41.8. The smallest absolute Gasteiger partial charge is 0.460 e. The zero-order valence-corrected chi connectivity index (χ0v) is 6.98. The third kappa shape index (κ3) is 7.32. The molecule has 0 atom stereocenters. The average Bonchev–Trinajstić information content (AvgIpc) is 1.95. The van der Waals surface area contributed by atoms with Gasteiger partial charge in [0, 0.05) is 5.57 Å². The van der Waals surface area contributed by atoms with Crippen LogP contribution in [0, 0.1) is 0 Å². The molecule has 0 saturated carbocycles. The number of halogens is 3. The van der Waals surface area contributed by atoms with Crippen molar-refractivity contribution in [1.82, 2.24) is 0 Å². The lowest BCUT2D eigenvalue weighted by Gasteiger charge is -2.07. The van der Waals surface area contributed by atoms with Gasteiger partial charge in [-0.2, -0.15) is 0 Å². The van der Waals surface area contributed by atoms with Gasteiger partial charge in [0.05, 0.1) is 6.61 Å². The highest BCUT2D eigenvalue weighted by molar-refractivity contribution is 5.86. The quantitative estimate of drug-likeness (QED) is 0.391. The normalized spacial score (nSPS) is 11.1. The molecule has 0 rings (SSSR count). The molecule has 0 aromatic rings. The second-order valence-corrected chi connectivity index (χ2v) is 2.21. The first-order valence-corrected chi connectivity index (χ1v) is 3.36. The van der Waals surface area contributed by atoms with Gasteiger partial charge in [0.25, 0.3) is 0 Å². The van der Waals surface area contributed by atoms with Gasteiger partial charge in [0.1, 0.15) is 6.61 Å². The fourth-order valence-electron chi connectivity index (χ4n) is 0.415. The molecule has 0 bridgehead atoms. The number of rotatable bonds is 4. The molecule has 3 nitrogen and oxygen atoms in total. The number of esters is 1. The van der Waals surface area contributed by atoms with Crippen LogP contribution in [0.2, 0.25) is 0 Å². The van der Waals surface area contributed by atoms with Crippen molar-refractivity contribution in [3.63, 3.8) is 0 Å². The predicted molar refractivity (Wildman–Crippen MR) is 37.8 cm³/mol. The molecule has 0 unspecified atom stereocenters. The van der Waals surface area contributed by atoms with E-state index in [4.69, 9.17) is 0 Å². The first-order chi connectivity index (χ1) is 5.83. The fraction of sp³-hybridized carbons (Fsp3) is 0.571. The molecule has 0 aliphatic rings. The van der Waals surface area contributed by atoms with E-state index in [9.17, 15) is 18.0 Å². The topological polar surface area (TPSA) is 35.5 Å². The summed E-state index contributed by atoms with van der Waals surface area (Å²) in [6, 6.07) is 0. The largest absolute Gasteiger partial charge is 0.522 e. The second-order valence-electron chi connectivity index (χ2n) is 2.21. The van der Waals surface area contributed by atoms with Gasteiger partial charge in [-0.15, -0.1) is 13.2 Å². The third-order valence-corrected chi connectivity index (χ3v) is 0.931. The van der Waals surface area contributed by atoms with Crippen LogP contribution in [0.15, 0.2) is 12.2 Å². The lowest BCUT2D eigenvalue weighted by molar-refractivity contribution is -0.326. The standard InChI is InChI=1S/C7H9F3O3/c1-5(2)6(11)12-3-4-13-7(8,9)10/h1,3-4H2,2H3. The predicted octanol–water partition coefficient (Wildman–Crippen LogP) is 1.64. The Bertz CT molecular complexity index is 198. The van der Waals surface area contributed by atoms with Crippen LogP contribution in [0.4, 0.5) is 13.2 Å². The molecule has 0 aliphatic heterocycles. The van der Waals surface area contributed by atoms with Crippen LogP contribution < -0.4 is 0 Å². The van der Waals surface area contributed by atoms with Gasteiger partial charge in [-0.1, -0.05) is 6.58 Å². The van der Waals surface area contributed by atoms with Gasteiger partial charge >= 0.3 is 12.3 Å². The molecule has 0 aromatic carbocycles. The third-order valence-electron chi connectivity index (χ3n) is 0.931. The van der Waals surface area contributed by atoms with Crippen LogP contribution in [0.5, 0.6) is 0 Å². The number of hydrogen-bond donors (Lipinski definition) is 0. The van der Waals surface area contributed by atoms with Crippen molar-refractivity contribution < 1.29 is 27.4 Å². The highest BCUT2D eigenvalue weighted by Crippen LogP contribution is 2.15. The molecular formula is C7H9F3O3. The highest BCUT2D eigenvalue weighted by Gasteiger charge is 2.28. The Morgan fingerprint density at radius 3 is 2.31 bits per heavy atom. The van der Waals surface area contributed by atoms with E-state index >= 15 is 0 Å². The molecule has 0 amide bonds. The van der Waals surface area contributed by atoms with Crippen LogP contribution in [0.25, 0.3) is 0 Å². The second kappa shape index (κ2) is 4.86. The Kier molecular flexibility index (Phi) is 4.47. The molecule has 0 fully saturated rings. The van der Waals surface area contributed by atoms with Gasteiger partial charge in [-0.25, -0.2) is 4.79 Å². The van der Waals surface area contributed by atoms with Crippen molar-refractivity contribution in [2.24, 2.45) is 0 Å². The first kappa shape index (κ1) is 12.0. The van der Waals surface area contributed by atoms with E-state index in [0.717, 1.165) is 0 Å². The molecular weight excluding hydrogens is 189 g/mol. The number of alkyl halides is 3. The maximum Gasteiger partial charge on any atom is 0.522 e. The molecule has 13 heavy (non-hydrogen) atoms. The van der Waals surface area contributed by atoms with Gasteiger partial charge in [0.2, 0.25) is 0 Å². The van der Waals surface area contributed by atoms with E-state index in [-0.39, 0.29) is 5.57 Å². The number of hydrogen-bond acceptors (Lipinski definition) is 3. The lowest BCUT2D eigenvalue weighted by atomic mass is 10.4. The zero-order valence-electron chi connectivity index (χ0n) is 6.98. The lowest BCUT2D eigenvalue weighted by Crippen LogP contribution is -2.18. The number of ether oxygens (including phenoxy) is 2. The van der Waals surface area contributed by atoms with Crippen molar-refractivity contribution in [3.05, 3.63) is 12.2 Å². The molecule has 6 heteroatoms. The molecule has 0 radical (unpaired) electrons. The Morgan fingerprint density at radius 1 is 1.38 bits per heavy atom. The minimum absolute atomic E-state index is 0.131. The van der Waals surface area contributed by atoms with E-state index in [0.29, 0.717) is 0 Å². The van der Waals surface area contributed by atoms with Crippen LogP contribution >= 0.6 is 0 Å². The monoisotopic (exact) mass is 198 g/mol. The number of carbonyl (C=O) groups excluding carboxylic acids is 1. The summed E-state index contributed by atoms with van der Waals surface area (Å²) in [5, 5.41) is 0. The maximum atomic E-state index is 11.4. The molecule has 0 heterocycles. The summed E-state index contributed by atoms with van der Waals surface area (Å²) in [4.78, 5) is 10.6. The summed E-state index contributed by atoms with van der Waals surface area (Å²) in [5.74, 6) is -0.731. The van der Waals surface area contributed by atoms with Crippen LogP contribution in [-0.2, 0) is 14.3 Å². The van der Waals surface area contributed by atoms with Crippen LogP contribution in [0.1, 0.15) is 6.92 Å². The summed E-state index contributed by atoms with van der Waals surface area (Å²) in [5.41, 5.74) is 0.131. The average molecular weight is 198 g/mol. The minimum atomic E-state index is -4.68. The zero-order chi connectivity index (χ0) is 10.5. The summed E-state index contributed by atoms with van der Waals surface area (Å²) in [6.07, 6.45) is -4.68. The Morgan fingerprint density at radius 2 is 1.92 bits per heavy atom. The number of carbonyl (C=O) groups is 1. The first-order valence-electron chi connectivity index (χ1n) is 3.36. The van der Waals surface area contributed by atoms with Gasteiger partial charge in [0.15, 0.2) is 0 Å². The molecule has 0 spiro atoms. The molecule has 76 valence electrons. The van der Waals surface area contributed by atoms with E-state index in [1.807, 2.05) is 0 Å². The molecule has 0 aromatic heterocycles. The SMILES string of the molecule is C=C(C)C(=O)OCCOC(F)(F)F. The highest BCUT2D eigenvalue weighted by atomic mass is 19.4. The summed E-state index contributed by atoms with van der Waals surface area (Å²) >= 11 is 0. The van der Waals surface area contributed by atoms with Crippen molar-refractivity contribution in [2.75, 3.05) is 13.2 Å². The summed E-state index contributed by atoms with van der Waals surface area (Å²) in [6.45, 7) is 3.50. The van der Waals surface area contributed by atoms with E-state index in [2.05, 4.69) is 16.1 Å². The van der Waals surface area contributed by atoms with Gasteiger partial charge in [-0.3, -0.25) is 4.74 Å². The van der Waals surface area contributed by atoms with E-state index in [1.54, 1.807) is 0 Å². The fourth-order valence-corrected chi connectivity index (χ4v) is 0.415. The summed E-state index contributed by atoms with van der Waals surface area (Å²) in [7, 11) is 0. The minimum Gasteiger partial charge on any atom is -0.460 e. The van der Waals surface area contributed by atoms with Crippen molar-refractivity contribution in [1.29, 1.82) is 0 Å². The molecule has 0 aliphatic carbocycles. The Labute approximate surface area is 73.1 Å². The Hall–Kier alpha value is -1.04. The molecule has 0 N–H and O–H groups in total. The van der Waals surface area contributed by atoms with Gasteiger partial charge < -0.3 is 4.74 Å². The maximum absolute atomic E-state index is 11.4. The van der Waals surface area contributed by atoms with E-state index < -0.39 is 25.5 Å². The van der Waals surface area contributed by atoms with Crippen molar-refractivity contribution >= 4 is 5.97 Å². The van der Waals surface area contributed by atoms with Crippen molar-refractivity contribution in [3.8, 4) is 0 Å².